The zero-order valence-corrected chi connectivity index (χ0v) is 7.50. The smallest absolute Gasteiger partial charge is 0.265 e. The van der Waals surface area contributed by atoms with Gasteiger partial charge in [0.05, 0.1) is 5.56 Å². The molecule has 0 spiro atoms. The highest BCUT2D eigenvalue weighted by atomic mass is 16.2. The molecule has 3 N–H and O–H groups in total. The van der Waals surface area contributed by atoms with E-state index >= 15 is 0 Å². The van der Waals surface area contributed by atoms with E-state index in [1.807, 2.05) is 5.43 Å². The molecule has 70 valence electrons. The van der Waals surface area contributed by atoms with E-state index in [-0.39, 0.29) is 5.56 Å². The first-order valence-corrected chi connectivity index (χ1v) is 3.75. The second kappa shape index (κ2) is 3.40. The summed E-state index contributed by atoms with van der Waals surface area (Å²) in [6.07, 6.45) is 1.53. The Morgan fingerprint density at radius 2 is 2.23 bits per heavy atom. The van der Waals surface area contributed by atoms with Gasteiger partial charge in [0.15, 0.2) is 0 Å². The number of carbonyl (C=O) groups excluding carboxylic acids is 1. The standard InChI is InChI=1S/C8H11N3O2/c1-5-6(7(12)10-9)3-4-11(2)8(5)13/h3-4H,9H2,1-2H3,(H,10,12). The minimum absolute atomic E-state index is 0.193. The van der Waals surface area contributed by atoms with E-state index in [2.05, 4.69) is 0 Å². The van der Waals surface area contributed by atoms with Crippen molar-refractivity contribution >= 4 is 5.91 Å². The summed E-state index contributed by atoms with van der Waals surface area (Å²) in [6.45, 7) is 1.59. The molecule has 0 aliphatic heterocycles. The maximum atomic E-state index is 11.4. The van der Waals surface area contributed by atoms with E-state index in [1.165, 1.54) is 10.8 Å². The number of nitrogen functional groups attached to an aromatic ring is 1. The number of hydrogen-bond acceptors (Lipinski definition) is 3. The molecular formula is C8H11N3O2. The molecule has 0 aliphatic carbocycles. The highest BCUT2D eigenvalue weighted by Crippen LogP contribution is 2.00. The summed E-state index contributed by atoms with van der Waals surface area (Å²) in [6, 6.07) is 1.55. The van der Waals surface area contributed by atoms with Crippen LogP contribution in [0.4, 0.5) is 0 Å². The van der Waals surface area contributed by atoms with Crippen molar-refractivity contribution in [2.75, 3.05) is 0 Å². The fourth-order valence-electron chi connectivity index (χ4n) is 1.08. The van der Waals surface area contributed by atoms with Gasteiger partial charge in [0.1, 0.15) is 0 Å². The normalized spacial score (nSPS) is 9.77. The first kappa shape index (κ1) is 9.47. The highest BCUT2D eigenvalue weighted by molar-refractivity contribution is 5.94. The minimum Gasteiger partial charge on any atom is -0.318 e. The monoisotopic (exact) mass is 181 g/mol. The Balaban J connectivity index is 3.35. The molecule has 5 nitrogen and oxygen atoms in total. The summed E-state index contributed by atoms with van der Waals surface area (Å²) in [5, 5.41) is 0. The predicted octanol–water partition coefficient (Wildman–Crippen LogP) is -0.703. The SMILES string of the molecule is Cc1c(C(=O)NN)ccn(C)c1=O. The zero-order valence-electron chi connectivity index (χ0n) is 7.50. The van der Waals surface area contributed by atoms with Gasteiger partial charge in [0.25, 0.3) is 11.5 Å². The fourth-order valence-corrected chi connectivity index (χ4v) is 1.08. The number of pyridine rings is 1. The molecule has 0 bridgehead atoms. The molecule has 1 aromatic rings. The number of aromatic nitrogens is 1. The van der Waals surface area contributed by atoms with Gasteiger partial charge in [-0.05, 0) is 13.0 Å². The van der Waals surface area contributed by atoms with Crippen LogP contribution >= 0.6 is 0 Å². The maximum Gasteiger partial charge on any atom is 0.265 e. The van der Waals surface area contributed by atoms with Gasteiger partial charge in [-0.3, -0.25) is 15.0 Å². The molecule has 0 saturated carbocycles. The third-order valence-electron chi connectivity index (χ3n) is 1.89. The molecule has 0 fully saturated rings. The number of nitrogens with two attached hydrogens (primary N) is 1. The van der Waals surface area contributed by atoms with Gasteiger partial charge in [-0.2, -0.15) is 0 Å². The molecule has 1 rings (SSSR count). The van der Waals surface area contributed by atoms with Gasteiger partial charge in [0, 0.05) is 18.8 Å². The van der Waals surface area contributed by atoms with Crippen LogP contribution in [0.15, 0.2) is 17.1 Å². The van der Waals surface area contributed by atoms with Crippen molar-refractivity contribution in [1.29, 1.82) is 0 Å². The topological polar surface area (TPSA) is 77.1 Å². The summed E-state index contributed by atoms with van der Waals surface area (Å²) in [5.41, 5.74) is 2.50. The average molecular weight is 181 g/mol. The number of amides is 1. The third kappa shape index (κ3) is 1.59. The molecule has 0 aromatic carbocycles. The molecule has 5 heteroatoms. The lowest BCUT2D eigenvalue weighted by Gasteiger charge is -2.04. The molecule has 0 saturated heterocycles. The van der Waals surface area contributed by atoms with Gasteiger partial charge >= 0.3 is 0 Å². The molecule has 0 atom stereocenters. The van der Waals surface area contributed by atoms with Crippen molar-refractivity contribution in [3.63, 3.8) is 0 Å². The van der Waals surface area contributed by atoms with Crippen molar-refractivity contribution in [3.8, 4) is 0 Å². The molecule has 0 aliphatic rings. The lowest BCUT2D eigenvalue weighted by molar-refractivity contribution is 0.0952. The van der Waals surface area contributed by atoms with Crippen molar-refractivity contribution in [3.05, 3.63) is 33.7 Å². The van der Waals surface area contributed by atoms with Crippen LogP contribution in [0.25, 0.3) is 0 Å². The van der Waals surface area contributed by atoms with Gasteiger partial charge < -0.3 is 4.57 Å². The third-order valence-corrected chi connectivity index (χ3v) is 1.89. The van der Waals surface area contributed by atoms with Crippen molar-refractivity contribution in [2.24, 2.45) is 12.9 Å². The van der Waals surface area contributed by atoms with Crippen LogP contribution in [-0.4, -0.2) is 10.5 Å². The quantitative estimate of drug-likeness (QED) is 0.341. The van der Waals surface area contributed by atoms with E-state index < -0.39 is 5.91 Å². The van der Waals surface area contributed by atoms with E-state index in [1.54, 1.807) is 20.0 Å². The fraction of sp³-hybridized carbons (Fsp3) is 0.250. The summed E-state index contributed by atoms with van der Waals surface area (Å²) in [4.78, 5) is 22.5. The van der Waals surface area contributed by atoms with Gasteiger partial charge in [0.2, 0.25) is 0 Å². The van der Waals surface area contributed by atoms with E-state index in [4.69, 9.17) is 5.84 Å². The summed E-state index contributed by atoms with van der Waals surface area (Å²) < 4.78 is 1.41. The number of rotatable bonds is 1. The molecule has 0 unspecified atom stereocenters. The first-order valence-electron chi connectivity index (χ1n) is 3.75. The number of aryl methyl sites for hydroxylation is 1. The van der Waals surface area contributed by atoms with Crippen molar-refractivity contribution in [2.45, 2.75) is 6.92 Å². The number of nitrogens with one attached hydrogen (secondary N) is 1. The average Bonchev–Trinajstić information content (AvgIpc) is 2.13. The Kier molecular flexibility index (Phi) is 2.48. The van der Waals surface area contributed by atoms with Crippen LogP contribution in [0.1, 0.15) is 15.9 Å². The lowest BCUT2D eigenvalue weighted by atomic mass is 10.1. The zero-order chi connectivity index (χ0) is 10.0. The van der Waals surface area contributed by atoms with Crippen molar-refractivity contribution in [1.82, 2.24) is 9.99 Å². The molecule has 1 heterocycles. The predicted molar refractivity (Wildman–Crippen MR) is 48.1 cm³/mol. The van der Waals surface area contributed by atoms with E-state index in [9.17, 15) is 9.59 Å². The molecule has 0 radical (unpaired) electrons. The maximum absolute atomic E-state index is 11.4. The lowest BCUT2D eigenvalue weighted by Crippen LogP contribution is -2.33. The summed E-state index contributed by atoms with van der Waals surface area (Å²) >= 11 is 0. The second-order valence-electron chi connectivity index (χ2n) is 2.74. The van der Waals surface area contributed by atoms with Gasteiger partial charge in [-0.15, -0.1) is 0 Å². The van der Waals surface area contributed by atoms with Crippen molar-refractivity contribution < 1.29 is 4.79 Å². The number of carbonyl (C=O) groups is 1. The molecule has 1 amide bonds. The minimum atomic E-state index is -0.449. The summed E-state index contributed by atoms with van der Waals surface area (Å²) in [5.74, 6) is 4.50. The Labute approximate surface area is 75.1 Å². The van der Waals surface area contributed by atoms with Crippen LogP contribution in [0.3, 0.4) is 0 Å². The molecule has 1 aromatic heterocycles. The number of nitrogens with zero attached hydrogens (tertiary/aromatic N) is 1. The van der Waals surface area contributed by atoms with Crippen LogP contribution in [0.5, 0.6) is 0 Å². The van der Waals surface area contributed by atoms with E-state index in [0.29, 0.717) is 11.1 Å². The largest absolute Gasteiger partial charge is 0.318 e. The van der Waals surface area contributed by atoms with Gasteiger partial charge in [-0.1, -0.05) is 0 Å². The highest BCUT2D eigenvalue weighted by Gasteiger charge is 2.09. The Bertz CT molecular complexity index is 395. The Morgan fingerprint density at radius 1 is 1.62 bits per heavy atom. The Hall–Kier alpha value is -1.62. The van der Waals surface area contributed by atoms with Crippen LogP contribution in [0, 0.1) is 6.92 Å². The van der Waals surface area contributed by atoms with Crippen LogP contribution in [-0.2, 0) is 7.05 Å². The Morgan fingerprint density at radius 3 is 2.77 bits per heavy atom. The molecular weight excluding hydrogens is 170 g/mol. The number of hydrogen-bond donors (Lipinski definition) is 2. The second-order valence-corrected chi connectivity index (χ2v) is 2.74. The molecule has 13 heavy (non-hydrogen) atoms. The first-order chi connectivity index (χ1) is 6.07. The number of hydrazine groups is 1. The van der Waals surface area contributed by atoms with Gasteiger partial charge in [-0.25, -0.2) is 5.84 Å². The summed E-state index contributed by atoms with van der Waals surface area (Å²) in [7, 11) is 1.62. The van der Waals surface area contributed by atoms with Crippen LogP contribution in [0.2, 0.25) is 0 Å². The van der Waals surface area contributed by atoms with Crippen LogP contribution < -0.4 is 16.8 Å². The van der Waals surface area contributed by atoms with E-state index in [0.717, 1.165) is 0 Å².